The van der Waals surface area contributed by atoms with Crippen LogP contribution in [0, 0.1) is 0 Å². The molecule has 10 nitrogen and oxygen atoms in total. The third-order valence-corrected chi connectivity index (χ3v) is 3.84. The van der Waals surface area contributed by atoms with Gasteiger partial charge in [-0.05, 0) is 12.1 Å². The summed E-state index contributed by atoms with van der Waals surface area (Å²) >= 11 is 0. The second kappa shape index (κ2) is 7.31. The van der Waals surface area contributed by atoms with E-state index in [0.717, 1.165) is 11.0 Å². The molecule has 0 saturated heterocycles. The van der Waals surface area contributed by atoms with Crippen molar-refractivity contribution in [2.45, 2.75) is 18.9 Å². The number of amides is 2. The van der Waals surface area contributed by atoms with Crippen molar-refractivity contribution in [3.63, 3.8) is 0 Å². The fourth-order valence-electron chi connectivity index (χ4n) is 2.61. The van der Waals surface area contributed by atoms with Crippen LogP contribution in [0.3, 0.4) is 0 Å². The Kier molecular flexibility index (Phi) is 4.94. The number of hydrogen-bond acceptors (Lipinski definition) is 7. The highest BCUT2D eigenvalue weighted by molar-refractivity contribution is 5.80. The molecule has 136 valence electrons. The van der Waals surface area contributed by atoms with Crippen LogP contribution in [-0.2, 0) is 16.6 Å². The first-order valence-corrected chi connectivity index (χ1v) is 8.02. The molecule has 2 heterocycles. The molecular formula is C16H19N7O3. The van der Waals surface area contributed by atoms with Crippen LogP contribution in [-0.4, -0.2) is 38.1 Å². The van der Waals surface area contributed by atoms with Gasteiger partial charge in [0, 0.05) is 20.0 Å². The summed E-state index contributed by atoms with van der Waals surface area (Å²) in [6.45, 7) is 0.185. The van der Waals surface area contributed by atoms with Crippen LogP contribution in [0.2, 0.25) is 0 Å². The minimum absolute atomic E-state index is 0.0798. The second-order valence-corrected chi connectivity index (χ2v) is 5.77. The standard InChI is InChI=1S/C16H19N7O3/c1-23-11-5-3-2-4-9(11)20-15(23)14-21-16(26-22-14)10(8-12(18)24)19-13(25)6-7-17/h2-5,10H,6-8,17H2,1H3,(H2,18,24)(H,19,25). The van der Waals surface area contributed by atoms with Gasteiger partial charge in [0.25, 0.3) is 0 Å². The largest absolute Gasteiger partial charge is 0.370 e. The molecule has 5 N–H and O–H groups in total. The predicted molar refractivity (Wildman–Crippen MR) is 92.4 cm³/mol. The average molecular weight is 357 g/mol. The number of nitrogens with zero attached hydrogens (tertiary/aromatic N) is 4. The number of carbonyl (C=O) groups is 2. The number of para-hydroxylation sites is 2. The van der Waals surface area contributed by atoms with Crippen molar-refractivity contribution < 1.29 is 14.1 Å². The van der Waals surface area contributed by atoms with E-state index in [-0.39, 0.29) is 37.0 Å². The van der Waals surface area contributed by atoms with Gasteiger partial charge in [0.05, 0.1) is 17.5 Å². The predicted octanol–water partition coefficient (Wildman–Crippen LogP) is 0.00480. The van der Waals surface area contributed by atoms with E-state index in [1.165, 1.54) is 0 Å². The van der Waals surface area contributed by atoms with Crippen molar-refractivity contribution in [3.05, 3.63) is 30.2 Å². The van der Waals surface area contributed by atoms with E-state index in [1.807, 2.05) is 35.9 Å². The Labute approximate surface area is 148 Å². The molecule has 1 atom stereocenters. The van der Waals surface area contributed by atoms with Crippen LogP contribution in [0.1, 0.15) is 24.8 Å². The third-order valence-electron chi connectivity index (χ3n) is 3.84. The molecule has 3 aromatic rings. The number of aromatic nitrogens is 4. The highest BCUT2D eigenvalue weighted by Crippen LogP contribution is 2.23. The number of hydrogen-bond donors (Lipinski definition) is 3. The first kappa shape index (κ1) is 17.5. The monoisotopic (exact) mass is 357 g/mol. The maximum atomic E-state index is 11.8. The van der Waals surface area contributed by atoms with Gasteiger partial charge < -0.3 is 25.9 Å². The minimum atomic E-state index is -0.817. The van der Waals surface area contributed by atoms with Crippen molar-refractivity contribution in [3.8, 4) is 11.6 Å². The molecular weight excluding hydrogens is 338 g/mol. The molecule has 1 aromatic carbocycles. The SMILES string of the molecule is Cn1c(-c2noc(C(CC(N)=O)NC(=O)CCN)n2)nc2ccccc21. The molecule has 0 aliphatic rings. The number of primary amides is 1. The molecule has 0 saturated carbocycles. The van der Waals surface area contributed by atoms with Gasteiger partial charge in [-0.15, -0.1) is 0 Å². The molecule has 3 rings (SSSR count). The Morgan fingerprint density at radius 1 is 1.31 bits per heavy atom. The first-order chi connectivity index (χ1) is 12.5. The summed E-state index contributed by atoms with van der Waals surface area (Å²) in [6.07, 6.45) is -0.0541. The zero-order valence-electron chi connectivity index (χ0n) is 14.2. The van der Waals surface area contributed by atoms with Crippen molar-refractivity contribution >= 4 is 22.8 Å². The van der Waals surface area contributed by atoms with E-state index in [0.29, 0.717) is 5.82 Å². The first-order valence-electron chi connectivity index (χ1n) is 8.02. The molecule has 0 spiro atoms. The topological polar surface area (TPSA) is 155 Å². The fourth-order valence-corrected chi connectivity index (χ4v) is 2.61. The van der Waals surface area contributed by atoms with Gasteiger partial charge in [-0.2, -0.15) is 4.98 Å². The molecule has 26 heavy (non-hydrogen) atoms. The van der Waals surface area contributed by atoms with Gasteiger partial charge in [-0.3, -0.25) is 9.59 Å². The van der Waals surface area contributed by atoms with Crippen LogP contribution >= 0.6 is 0 Å². The second-order valence-electron chi connectivity index (χ2n) is 5.77. The highest BCUT2D eigenvalue weighted by Gasteiger charge is 2.25. The number of aryl methyl sites for hydroxylation is 1. The van der Waals surface area contributed by atoms with Crippen molar-refractivity contribution in [1.29, 1.82) is 0 Å². The van der Waals surface area contributed by atoms with Gasteiger partial charge in [0.1, 0.15) is 6.04 Å². The lowest BCUT2D eigenvalue weighted by atomic mass is 10.2. The van der Waals surface area contributed by atoms with E-state index in [1.54, 1.807) is 0 Å². The average Bonchev–Trinajstić information content (AvgIpc) is 3.19. The Balaban J connectivity index is 1.91. The summed E-state index contributed by atoms with van der Waals surface area (Å²) in [5.41, 5.74) is 12.3. The zero-order chi connectivity index (χ0) is 18.7. The molecule has 0 aliphatic heterocycles. The molecule has 2 amide bonds. The molecule has 0 bridgehead atoms. The lowest BCUT2D eigenvalue weighted by Crippen LogP contribution is -2.33. The van der Waals surface area contributed by atoms with Gasteiger partial charge in [0.2, 0.25) is 23.5 Å². The number of imidazole rings is 1. The van der Waals surface area contributed by atoms with Crippen molar-refractivity contribution in [1.82, 2.24) is 25.0 Å². The number of nitrogens with two attached hydrogens (primary N) is 2. The van der Waals surface area contributed by atoms with Crippen LogP contribution in [0.25, 0.3) is 22.7 Å². The number of fused-ring (bicyclic) bond motifs is 1. The lowest BCUT2D eigenvalue weighted by Gasteiger charge is -2.12. The van der Waals surface area contributed by atoms with Crippen LogP contribution < -0.4 is 16.8 Å². The number of rotatable bonds is 7. The zero-order valence-corrected chi connectivity index (χ0v) is 14.2. The number of benzene rings is 1. The Bertz CT molecular complexity index is 946. The smallest absolute Gasteiger partial charge is 0.250 e. The molecule has 2 aromatic heterocycles. The number of carbonyl (C=O) groups excluding carboxylic acids is 2. The summed E-state index contributed by atoms with van der Waals surface area (Å²) in [5.74, 6) is -0.100. The summed E-state index contributed by atoms with van der Waals surface area (Å²) in [4.78, 5) is 31.9. The highest BCUT2D eigenvalue weighted by atomic mass is 16.5. The summed E-state index contributed by atoms with van der Waals surface area (Å²) in [5, 5.41) is 6.55. The van der Waals surface area contributed by atoms with E-state index >= 15 is 0 Å². The molecule has 0 radical (unpaired) electrons. The van der Waals surface area contributed by atoms with E-state index < -0.39 is 11.9 Å². The number of nitrogens with one attached hydrogen (secondary N) is 1. The lowest BCUT2D eigenvalue weighted by molar-refractivity contribution is -0.122. The van der Waals surface area contributed by atoms with E-state index in [2.05, 4.69) is 20.4 Å². The minimum Gasteiger partial charge on any atom is -0.370 e. The van der Waals surface area contributed by atoms with Crippen molar-refractivity contribution in [2.24, 2.45) is 18.5 Å². The Morgan fingerprint density at radius 2 is 2.08 bits per heavy atom. The van der Waals surface area contributed by atoms with Gasteiger partial charge >= 0.3 is 0 Å². The van der Waals surface area contributed by atoms with Crippen LogP contribution in [0.4, 0.5) is 0 Å². The third kappa shape index (κ3) is 3.54. The van der Waals surface area contributed by atoms with Crippen LogP contribution in [0.5, 0.6) is 0 Å². The van der Waals surface area contributed by atoms with Gasteiger partial charge in [0.15, 0.2) is 5.82 Å². The van der Waals surface area contributed by atoms with Crippen molar-refractivity contribution in [2.75, 3.05) is 6.54 Å². The molecule has 10 heteroatoms. The summed E-state index contributed by atoms with van der Waals surface area (Å²) < 4.78 is 7.08. The molecule has 0 aliphatic carbocycles. The summed E-state index contributed by atoms with van der Waals surface area (Å²) in [7, 11) is 1.84. The Morgan fingerprint density at radius 3 is 2.77 bits per heavy atom. The quantitative estimate of drug-likeness (QED) is 0.537. The molecule has 1 unspecified atom stereocenters. The van der Waals surface area contributed by atoms with E-state index in [4.69, 9.17) is 16.0 Å². The maximum Gasteiger partial charge on any atom is 0.250 e. The molecule has 0 fully saturated rings. The maximum absolute atomic E-state index is 11.8. The van der Waals surface area contributed by atoms with Gasteiger partial charge in [-0.1, -0.05) is 17.3 Å². The fraction of sp³-hybridized carbons (Fsp3) is 0.312. The van der Waals surface area contributed by atoms with E-state index in [9.17, 15) is 9.59 Å². The summed E-state index contributed by atoms with van der Waals surface area (Å²) in [6, 6.07) is 6.78. The van der Waals surface area contributed by atoms with Crippen LogP contribution in [0.15, 0.2) is 28.8 Å². The normalized spacial score (nSPS) is 12.2. The Hall–Kier alpha value is -3.27. The van der Waals surface area contributed by atoms with Gasteiger partial charge in [-0.25, -0.2) is 4.98 Å².